The third-order valence-electron chi connectivity index (χ3n) is 6.71. The molecule has 2 aromatic carbocycles. The molecule has 3 aromatic rings. The number of benzene rings is 2. The molecule has 0 bridgehead atoms. The summed E-state index contributed by atoms with van der Waals surface area (Å²) in [6, 6.07) is 13.2. The summed E-state index contributed by atoms with van der Waals surface area (Å²) in [5, 5.41) is 4.58. The Balaban J connectivity index is 1.58. The monoisotopic (exact) mass is 449 g/mol. The molecule has 0 atom stereocenters. The van der Waals surface area contributed by atoms with Gasteiger partial charge in [-0.1, -0.05) is 6.07 Å². The molecule has 5 heteroatoms. The number of aryl methyl sites for hydroxylation is 1. The molecule has 0 amide bonds. The van der Waals surface area contributed by atoms with Crippen molar-refractivity contribution in [2.24, 2.45) is 0 Å². The average molecular weight is 450 g/mol. The van der Waals surface area contributed by atoms with E-state index in [4.69, 9.17) is 9.47 Å². The standard InChI is InChI=1S/C28H39N3O2/c1-6-32-27-18-23(8-10-26(27)33-19(2)3)28-20(4)24-17-22(7-9-25(24)30-28)21-11-14-31(15-12-21)16-13-29-5/h7-10,17-19,21,29-30H,6,11-16H2,1-5H3. The number of aromatic amines is 1. The molecule has 178 valence electrons. The van der Waals surface area contributed by atoms with E-state index in [0.29, 0.717) is 12.5 Å². The van der Waals surface area contributed by atoms with Crippen molar-refractivity contribution >= 4 is 10.9 Å². The van der Waals surface area contributed by atoms with Crippen molar-refractivity contribution in [2.45, 2.75) is 52.6 Å². The van der Waals surface area contributed by atoms with Crippen molar-refractivity contribution in [3.05, 3.63) is 47.5 Å². The number of hydrogen-bond acceptors (Lipinski definition) is 4. The van der Waals surface area contributed by atoms with E-state index in [1.165, 1.54) is 48.0 Å². The third kappa shape index (κ3) is 5.36. The summed E-state index contributed by atoms with van der Waals surface area (Å²) in [5.74, 6) is 2.25. The SMILES string of the molecule is CCOc1cc(-c2[nH]c3ccc(C4CCN(CCNC)CC4)cc3c2C)ccc1OC(C)C. The molecule has 1 fully saturated rings. The first-order valence-corrected chi connectivity index (χ1v) is 12.4. The molecule has 5 nitrogen and oxygen atoms in total. The van der Waals surface area contributed by atoms with Crippen LogP contribution in [-0.4, -0.2) is 55.8 Å². The van der Waals surface area contributed by atoms with Gasteiger partial charge >= 0.3 is 0 Å². The summed E-state index contributed by atoms with van der Waals surface area (Å²) in [7, 11) is 2.03. The molecule has 2 heterocycles. The van der Waals surface area contributed by atoms with Gasteiger partial charge in [-0.25, -0.2) is 0 Å². The van der Waals surface area contributed by atoms with Gasteiger partial charge in [0.1, 0.15) is 0 Å². The van der Waals surface area contributed by atoms with Gasteiger partial charge in [0.25, 0.3) is 0 Å². The molecule has 0 unspecified atom stereocenters. The summed E-state index contributed by atoms with van der Waals surface area (Å²) in [6.45, 7) is 13.5. The van der Waals surface area contributed by atoms with Gasteiger partial charge in [-0.05, 0) is 108 Å². The van der Waals surface area contributed by atoms with Crippen molar-refractivity contribution in [3.8, 4) is 22.8 Å². The molecular weight excluding hydrogens is 410 g/mol. The first kappa shape index (κ1) is 23.7. The van der Waals surface area contributed by atoms with Crippen LogP contribution < -0.4 is 14.8 Å². The minimum Gasteiger partial charge on any atom is -0.490 e. The molecule has 33 heavy (non-hydrogen) atoms. The smallest absolute Gasteiger partial charge is 0.161 e. The number of fused-ring (bicyclic) bond motifs is 1. The summed E-state index contributed by atoms with van der Waals surface area (Å²) in [6.07, 6.45) is 2.58. The lowest BCUT2D eigenvalue weighted by atomic mass is 9.88. The van der Waals surface area contributed by atoms with Gasteiger partial charge in [0.15, 0.2) is 11.5 Å². The van der Waals surface area contributed by atoms with Gasteiger partial charge in [0, 0.05) is 35.2 Å². The topological polar surface area (TPSA) is 49.5 Å². The van der Waals surface area contributed by atoms with Gasteiger partial charge in [0.2, 0.25) is 0 Å². The number of hydrogen-bond donors (Lipinski definition) is 2. The van der Waals surface area contributed by atoms with E-state index < -0.39 is 0 Å². The van der Waals surface area contributed by atoms with Gasteiger partial charge < -0.3 is 24.7 Å². The predicted octanol–water partition coefficient (Wildman–Crippen LogP) is 5.73. The summed E-state index contributed by atoms with van der Waals surface area (Å²) < 4.78 is 11.8. The van der Waals surface area contributed by atoms with Crippen LogP contribution in [0.2, 0.25) is 0 Å². The van der Waals surface area contributed by atoms with E-state index in [-0.39, 0.29) is 6.10 Å². The minimum atomic E-state index is 0.110. The third-order valence-corrected chi connectivity index (χ3v) is 6.71. The molecule has 0 spiro atoms. The van der Waals surface area contributed by atoms with E-state index in [1.807, 2.05) is 33.9 Å². The Bertz CT molecular complexity index is 1060. The zero-order valence-corrected chi connectivity index (χ0v) is 20.8. The molecule has 1 aromatic heterocycles. The highest BCUT2D eigenvalue weighted by Crippen LogP contribution is 2.38. The molecule has 1 saturated heterocycles. The highest BCUT2D eigenvalue weighted by atomic mass is 16.5. The van der Waals surface area contributed by atoms with Crippen molar-refractivity contribution < 1.29 is 9.47 Å². The van der Waals surface area contributed by atoms with Gasteiger partial charge in [-0.2, -0.15) is 0 Å². The molecule has 0 radical (unpaired) electrons. The quantitative estimate of drug-likeness (QED) is 0.438. The number of nitrogens with zero attached hydrogens (tertiary/aromatic N) is 1. The normalized spacial score (nSPS) is 15.5. The summed E-state index contributed by atoms with van der Waals surface area (Å²) in [4.78, 5) is 6.24. The first-order chi connectivity index (χ1) is 16.0. The Kier molecular flexibility index (Phi) is 7.61. The number of piperidine rings is 1. The Morgan fingerprint density at radius 3 is 2.58 bits per heavy atom. The Hall–Kier alpha value is -2.50. The van der Waals surface area contributed by atoms with Crippen LogP contribution in [0, 0.1) is 6.92 Å². The second-order valence-electron chi connectivity index (χ2n) is 9.41. The zero-order chi connectivity index (χ0) is 23.4. The van der Waals surface area contributed by atoms with Crippen LogP contribution in [0.15, 0.2) is 36.4 Å². The predicted molar refractivity (Wildman–Crippen MR) is 138 cm³/mol. The minimum absolute atomic E-state index is 0.110. The number of aromatic nitrogens is 1. The number of ether oxygens (including phenoxy) is 2. The van der Waals surface area contributed by atoms with E-state index in [2.05, 4.69) is 52.5 Å². The molecule has 1 aliphatic rings. The lowest BCUT2D eigenvalue weighted by Crippen LogP contribution is -2.37. The second-order valence-corrected chi connectivity index (χ2v) is 9.41. The van der Waals surface area contributed by atoms with Gasteiger partial charge in [0.05, 0.1) is 12.7 Å². The largest absolute Gasteiger partial charge is 0.490 e. The van der Waals surface area contributed by atoms with Crippen LogP contribution >= 0.6 is 0 Å². The second kappa shape index (κ2) is 10.6. The fourth-order valence-electron chi connectivity index (χ4n) is 4.93. The molecule has 2 N–H and O–H groups in total. The van der Waals surface area contributed by atoms with E-state index in [9.17, 15) is 0 Å². The maximum Gasteiger partial charge on any atom is 0.161 e. The Labute approximate surface area is 198 Å². The molecule has 4 rings (SSSR count). The highest BCUT2D eigenvalue weighted by Gasteiger charge is 2.21. The lowest BCUT2D eigenvalue weighted by Gasteiger charge is -2.32. The lowest BCUT2D eigenvalue weighted by molar-refractivity contribution is 0.214. The van der Waals surface area contributed by atoms with Crippen LogP contribution in [0.5, 0.6) is 11.5 Å². The molecule has 0 saturated carbocycles. The first-order valence-electron chi connectivity index (χ1n) is 12.4. The molecule has 1 aliphatic heterocycles. The molecular formula is C28H39N3O2. The van der Waals surface area contributed by atoms with E-state index in [0.717, 1.165) is 35.8 Å². The summed E-state index contributed by atoms with van der Waals surface area (Å²) in [5.41, 5.74) is 6.24. The van der Waals surface area contributed by atoms with Gasteiger partial charge in [-0.3, -0.25) is 0 Å². The molecule has 0 aliphatic carbocycles. The van der Waals surface area contributed by atoms with Crippen molar-refractivity contribution in [1.82, 2.24) is 15.2 Å². The van der Waals surface area contributed by atoms with Crippen LogP contribution in [0.4, 0.5) is 0 Å². The van der Waals surface area contributed by atoms with Crippen LogP contribution in [0.25, 0.3) is 22.2 Å². The maximum atomic E-state index is 5.95. The Morgan fingerprint density at radius 1 is 1.09 bits per heavy atom. The number of likely N-dealkylation sites (tertiary alicyclic amines) is 1. The van der Waals surface area contributed by atoms with Crippen LogP contribution in [0.3, 0.4) is 0 Å². The van der Waals surface area contributed by atoms with Crippen molar-refractivity contribution in [2.75, 3.05) is 39.8 Å². The van der Waals surface area contributed by atoms with Crippen molar-refractivity contribution in [1.29, 1.82) is 0 Å². The number of H-pyrrole nitrogens is 1. The fourth-order valence-corrected chi connectivity index (χ4v) is 4.93. The maximum absolute atomic E-state index is 5.95. The van der Waals surface area contributed by atoms with E-state index >= 15 is 0 Å². The number of nitrogens with one attached hydrogen (secondary N) is 2. The van der Waals surface area contributed by atoms with E-state index in [1.54, 1.807) is 0 Å². The van der Waals surface area contributed by atoms with Gasteiger partial charge in [-0.15, -0.1) is 0 Å². The highest BCUT2D eigenvalue weighted by molar-refractivity contribution is 5.91. The van der Waals surface area contributed by atoms with Crippen LogP contribution in [0.1, 0.15) is 50.7 Å². The van der Waals surface area contributed by atoms with Crippen molar-refractivity contribution in [3.63, 3.8) is 0 Å². The zero-order valence-electron chi connectivity index (χ0n) is 20.8. The number of likely N-dealkylation sites (N-methyl/N-ethyl adjacent to an activating group) is 1. The Morgan fingerprint density at radius 2 is 1.88 bits per heavy atom. The van der Waals surface area contributed by atoms with Crippen LogP contribution in [-0.2, 0) is 0 Å². The fraction of sp³-hybridized carbons (Fsp3) is 0.500. The number of rotatable bonds is 9. The average Bonchev–Trinajstić information content (AvgIpc) is 3.15. The summed E-state index contributed by atoms with van der Waals surface area (Å²) >= 11 is 0.